The van der Waals surface area contributed by atoms with Gasteiger partial charge in [0.25, 0.3) is 0 Å². The zero-order chi connectivity index (χ0) is 26.2. The highest BCUT2D eigenvalue weighted by molar-refractivity contribution is 5.99. The van der Waals surface area contributed by atoms with Crippen LogP contribution >= 0.6 is 0 Å². The second-order valence-corrected chi connectivity index (χ2v) is 9.41. The van der Waals surface area contributed by atoms with Gasteiger partial charge < -0.3 is 20.2 Å². The third-order valence-corrected chi connectivity index (χ3v) is 6.87. The molecule has 2 heterocycles. The van der Waals surface area contributed by atoms with Gasteiger partial charge in [0.1, 0.15) is 11.9 Å². The predicted molar refractivity (Wildman–Crippen MR) is 125 cm³/mol. The van der Waals surface area contributed by atoms with Crippen molar-refractivity contribution in [1.82, 2.24) is 10.3 Å². The molecule has 1 aromatic carbocycles. The summed E-state index contributed by atoms with van der Waals surface area (Å²) in [4.78, 5) is 20.8. The van der Waals surface area contributed by atoms with E-state index >= 15 is 0 Å². The maximum absolute atomic E-state index is 13.9. The van der Waals surface area contributed by atoms with Crippen molar-refractivity contribution < 1.29 is 31.9 Å². The number of alkyl halides is 3. The molecule has 4 rings (SSSR count). The molecule has 2 aliphatic rings. The van der Waals surface area contributed by atoms with Gasteiger partial charge in [-0.1, -0.05) is 0 Å². The molecule has 1 aromatic heterocycles. The van der Waals surface area contributed by atoms with Crippen LogP contribution < -0.4 is 15.1 Å². The third kappa shape index (κ3) is 5.46. The molecule has 6 nitrogen and oxygen atoms in total. The lowest BCUT2D eigenvalue weighted by Crippen LogP contribution is -2.46. The van der Waals surface area contributed by atoms with Crippen molar-refractivity contribution in [3.8, 4) is 0 Å². The highest BCUT2D eigenvalue weighted by Crippen LogP contribution is 2.35. The van der Waals surface area contributed by atoms with Gasteiger partial charge in [-0.05, 0) is 63.8 Å². The first-order valence-electron chi connectivity index (χ1n) is 12.0. The van der Waals surface area contributed by atoms with Crippen molar-refractivity contribution >= 4 is 17.4 Å². The summed E-state index contributed by atoms with van der Waals surface area (Å²) in [7, 11) is 0. The minimum atomic E-state index is -4.59. The first kappa shape index (κ1) is 26.3. The molecular weight excluding hydrogens is 483 g/mol. The topological polar surface area (TPSA) is 68.7 Å². The largest absolute Gasteiger partial charge is 0.416 e. The summed E-state index contributed by atoms with van der Waals surface area (Å²) in [6.45, 7) is 3.47. The Morgan fingerprint density at radius 2 is 1.94 bits per heavy atom. The van der Waals surface area contributed by atoms with Crippen molar-refractivity contribution in [2.45, 2.75) is 69.9 Å². The number of nitrogens with zero attached hydrogens (tertiary/aromatic N) is 3. The molecule has 36 heavy (non-hydrogen) atoms. The number of aromatic nitrogens is 1. The zero-order valence-corrected chi connectivity index (χ0v) is 20.0. The van der Waals surface area contributed by atoms with Gasteiger partial charge in [0.2, 0.25) is 5.91 Å². The lowest BCUT2D eigenvalue weighted by Gasteiger charge is -2.30. The monoisotopic (exact) mass is 512 g/mol. The van der Waals surface area contributed by atoms with Crippen LogP contribution in [0.3, 0.4) is 0 Å². The fourth-order valence-corrected chi connectivity index (χ4v) is 5.14. The number of benzene rings is 1. The lowest BCUT2D eigenvalue weighted by molar-refractivity contribution is -0.137. The van der Waals surface area contributed by atoms with E-state index in [2.05, 4.69) is 10.3 Å². The highest BCUT2D eigenvalue weighted by atomic mass is 19.4. The van der Waals surface area contributed by atoms with Crippen molar-refractivity contribution in [1.29, 1.82) is 0 Å². The van der Waals surface area contributed by atoms with Crippen LogP contribution in [0.2, 0.25) is 0 Å². The molecule has 1 aliphatic carbocycles. The number of pyridine rings is 1. The number of aliphatic hydroxyl groups is 1. The molecule has 196 valence electrons. The van der Waals surface area contributed by atoms with Gasteiger partial charge in [-0.25, -0.2) is 13.8 Å². The van der Waals surface area contributed by atoms with Crippen molar-refractivity contribution in [3.63, 3.8) is 0 Å². The highest BCUT2D eigenvalue weighted by Gasteiger charge is 2.42. The van der Waals surface area contributed by atoms with Gasteiger partial charge in [0, 0.05) is 42.6 Å². The van der Waals surface area contributed by atoms with E-state index in [-0.39, 0.29) is 48.8 Å². The molecule has 1 saturated heterocycles. The van der Waals surface area contributed by atoms with Gasteiger partial charge in [-0.3, -0.25) is 4.79 Å². The van der Waals surface area contributed by atoms with Crippen LogP contribution in [0.15, 0.2) is 30.3 Å². The van der Waals surface area contributed by atoms with Crippen molar-refractivity contribution in [2.75, 3.05) is 22.9 Å². The van der Waals surface area contributed by atoms with E-state index in [1.165, 1.54) is 22.8 Å². The standard InChI is InChI=1S/C25H29F5N4O2/c1-3-33(17-7-8-18(26)19(27)12-17)24(36)21-11-16(32-20-5-4-6-22(20)35)13-34(21)23-10-15(25(28,29)30)9-14(2)31-23/h7-10,12,16,20-22,32,35H,3-6,11,13H2,1-2H3/t16?,20-,21?,22-/m1/s1. The number of carbonyl (C=O) groups is 1. The number of likely N-dealkylation sites (N-methyl/N-ethyl adjacent to an activating group) is 1. The molecule has 2 N–H and O–H groups in total. The summed E-state index contributed by atoms with van der Waals surface area (Å²) in [5, 5.41) is 13.6. The average Bonchev–Trinajstić information content (AvgIpc) is 3.42. The number of aliphatic hydroxyl groups excluding tert-OH is 1. The van der Waals surface area contributed by atoms with E-state index in [1.807, 2.05) is 0 Å². The van der Waals surface area contributed by atoms with Gasteiger partial charge in [0.15, 0.2) is 11.6 Å². The summed E-state index contributed by atoms with van der Waals surface area (Å²) in [5.41, 5.74) is -0.564. The Morgan fingerprint density at radius 1 is 1.19 bits per heavy atom. The van der Waals surface area contributed by atoms with E-state index in [4.69, 9.17) is 0 Å². The van der Waals surface area contributed by atoms with E-state index in [1.54, 1.807) is 6.92 Å². The number of rotatable bonds is 6. The van der Waals surface area contributed by atoms with Gasteiger partial charge >= 0.3 is 6.18 Å². The van der Waals surface area contributed by atoms with E-state index in [0.717, 1.165) is 37.1 Å². The fraction of sp³-hybridized carbons (Fsp3) is 0.520. The molecular formula is C25H29F5N4O2. The van der Waals surface area contributed by atoms with Crippen molar-refractivity contribution in [2.24, 2.45) is 0 Å². The summed E-state index contributed by atoms with van der Waals surface area (Å²) in [5.74, 6) is -2.60. The normalized spacial score (nSPS) is 24.4. The van der Waals surface area contributed by atoms with Gasteiger partial charge in [0.05, 0.1) is 11.7 Å². The zero-order valence-electron chi connectivity index (χ0n) is 20.0. The van der Waals surface area contributed by atoms with Crippen LogP contribution in [0.1, 0.15) is 43.9 Å². The maximum atomic E-state index is 13.9. The Kier molecular flexibility index (Phi) is 7.51. The quantitative estimate of drug-likeness (QED) is 0.569. The second kappa shape index (κ2) is 10.3. The third-order valence-electron chi connectivity index (χ3n) is 6.87. The minimum absolute atomic E-state index is 0.0123. The molecule has 0 spiro atoms. The van der Waals surface area contributed by atoms with Crippen LogP contribution in [0.5, 0.6) is 0 Å². The number of amides is 1. The van der Waals surface area contributed by atoms with Gasteiger partial charge in [-0.2, -0.15) is 13.2 Å². The average molecular weight is 513 g/mol. The lowest BCUT2D eigenvalue weighted by atomic mass is 10.1. The van der Waals surface area contributed by atoms with Crippen LogP contribution in [0, 0.1) is 18.6 Å². The summed E-state index contributed by atoms with van der Waals surface area (Å²) >= 11 is 0. The minimum Gasteiger partial charge on any atom is -0.392 e. The predicted octanol–water partition coefficient (Wildman–Crippen LogP) is 4.19. The summed E-state index contributed by atoms with van der Waals surface area (Å²) in [6, 6.07) is 3.64. The molecule has 0 bridgehead atoms. The molecule has 2 fully saturated rings. The van der Waals surface area contributed by atoms with Crippen LogP contribution in [0.25, 0.3) is 0 Å². The maximum Gasteiger partial charge on any atom is 0.416 e. The Labute approximate surface area is 206 Å². The number of hydrogen-bond acceptors (Lipinski definition) is 5. The Bertz CT molecular complexity index is 1110. The molecule has 11 heteroatoms. The number of aryl methyl sites for hydroxylation is 1. The van der Waals surface area contributed by atoms with E-state index < -0.39 is 41.4 Å². The van der Waals surface area contributed by atoms with E-state index in [9.17, 15) is 31.9 Å². The first-order valence-corrected chi connectivity index (χ1v) is 12.0. The number of halogens is 5. The van der Waals surface area contributed by atoms with Crippen molar-refractivity contribution in [3.05, 3.63) is 53.2 Å². The SMILES string of the molecule is CCN(C(=O)C1CC(N[C@@H]2CCC[C@H]2O)CN1c1cc(C(F)(F)F)cc(C)n1)c1ccc(F)c(F)c1. The molecule has 1 saturated carbocycles. The number of anilines is 2. The smallest absolute Gasteiger partial charge is 0.392 e. The fourth-order valence-electron chi connectivity index (χ4n) is 5.14. The molecule has 1 aliphatic heterocycles. The molecule has 1 amide bonds. The van der Waals surface area contributed by atoms with Gasteiger partial charge in [-0.15, -0.1) is 0 Å². The molecule has 2 aromatic rings. The van der Waals surface area contributed by atoms with Crippen LogP contribution in [-0.4, -0.2) is 53.3 Å². The molecule has 0 radical (unpaired) electrons. The number of nitrogens with one attached hydrogen (secondary N) is 1. The Balaban J connectivity index is 1.68. The van der Waals surface area contributed by atoms with Crippen LogP contribution in [-0.2, 0) is 11.0 Å². The summed E-state index contributed by atoms with van der Waals surface area (Å²) < 4.78 is 68.0. The second-order valence-electron chi connectivity index (χ2n) is 9.41. The first-order chi connectivity index (χ1) is 17.0. The Morgan fingerprint density at radius 3 is 2.56 bits per heavy atom. The van der Waals surface area contributed by atoms with E-state index in [0.29, 0.717) is 6.42 Å². The summed E-state index contributed by atoms with van der Waals surface area (Å²) in [6.07, 6.45) is -2.60. The number of carbonyl (C=O) groups excluding carboxylic acids is 1. The molecule has 4 atom stereocenters. The van der Waals surface area contributed by atoms with Crippen LogP contribution in [0.4, 0.5) is 33.5 Å². The number of hydrogen-bond donors (Lipinski definition) is 2. The Hall–Kier alpha value is -2.79. The molecule has 2 unspecified atom stereocenters.